The van der Waals surface area contributed by atoms with Crippen molar-refractivity contribution >= 4 is 28.3 Å². The van der Waals surface area contributed by atoms with E-state index in [-0.39, 0.29) is 17.7 Å². The van der Waals surface area contributed by atoms with Crippen LogP contribution in [0.15, 0.2) is 61.1 Å². The molecule has 1 aliphatic rings. The van der Waals surface area contributed by atoms with Gasteiger partial charge in [0.1, 0.15) is 17.5 Å². The molecule has 0 bridgehead atoms. The fourth-order valence-corrected chi connectivity index (χ4v) is 3.73. The van der Waals surface area contributed by atoms with Gasteiger partial charge < -0.3 is 11.1 Å². The van der Waals surface area contributed by atoms with Crippen LogP contribution in [0.5, 0.6) is 0 Å². The first-order chi connectivity index (χ1) is 14.6. The first-order valence-electron chi connectivity index (χ1n) is 9.80. The zero-order chi connectivity index (χ0) is 20.7. The maximum absolute atomic E-state index is 12.7. The third-order valence-corrected chi connectivity index (χ3v) is 5.46. The van der Waals surface area contributed by atoms with Crippen LogP contribution in [0.2, 0.25) is 0 Å². The van der Waals surface area contributed by atoms with Gasteiger partial charge in [-0.25, -0.2) is 19.9 Å². The minimum atomic E-state index is -0.130. The van der Waals surface area contributed by atoms with Gasteiger partial charge in [-0.1, -0.05) is 24.3 Å². The lowest BCUT2D eigenvalue weighted by Crippen LogP contribution is -2.15. The maximum atomic E-state index is 12.7. The van der Waals surface area contributed by atoms with Gasteiger partial charge in [0.25, 0.3) is 0 Å². The first kappa shape index (κ1) is 18.2. The standard InChI is InChI=1S/C23H20N6O/c1-13-5-2-3-6-15(13)19-9-14-10-20(27-12-18(14)21(24)28-19)29-23(30)17-11-16(17)22-25-7-4-8-26-22/h2-10,12,16-17H,11H2,1H3,(H2,24,28)(H,27,29,30)/t16-,17?/m1/s1. The molecule has 5 rings (SSSR count). The number of amides is 1. The van der Waals surface area contributed by atoms with E-state index in [9.17, 15) is 4.79 Å². The molecular formula is C23H20N6O. The van der Waals surface area contributed by atoms with Crippen molar-refractivity contribution in [2.75, 3.05) is 11.1 Å². The molecule has 3 heterocycles. The van der Waals surface area contributed by atoms with Crippen molar-refractivity contribution in [3.63, 3.8) is 0 Å². The molecule has 1 fully saturated rings. The van der Waals surface area contributed by atoms with Gasteiger partial charge in [0.05, 0.1) is 5.69 Å². The van der Waals surface area contributed by atoms with E-state index in [2.05, 4.69) is 25.3 Å². The Kier molecular flexibility index (Phi) is 4.35. The summed E-state index contributed by atoms with van der Waals surface area (Å²) in [7, 11) is 0. The summed E-state index contributed by atoms with van der Waals surface area (Å²) in [6.07, 6.45) is 5.80. The van der Waals surface area contributed by atoms with E-state index >= 15 is 0 Å². The predicted octanol–water partition coefficient (Wildman–Crippen LogP) is 3.72. The zero-order valence-corrected chi connectivity index (χ0v) is 16.4. The second-order valence-electron chi connectivity index (χ2n) is 7.54. The Morgan fingerprint density at radius 2 is 1.90 bits per heavy atom. The molecule has 7 heteroatoms. The number of benzene rings is 1. The summed E-state index contributed by atoms with van der Waals surface area (Å²) in [4.78, 5) is 30.0. The van der Waals surface area contributed by atoms with Crippen molar-refractivity contribution in [3.8, 4) is 11.3 Å². The molecule has 30 heavy (non-hydrogen) atoms. The van der Waals surface area contributed by atoms with E-state index in [1.165, 1.54) is 0 Å². The van der Waals surface area contributed by atoms with Crippen molar-refractivity contribution in [3.05, 3.63) is 72.4 Å². The molecule has 1 saturated carbocycles. The number of nitrogens with two attached hydrogens (primary N) is 1. The molecule has 0 aliphatic heterocycles. The molecule has 148 valence electrons. The number of rotatable bonds is 4. The van der Waals surface area contributed by atoms with Crippen LogP contribution in [0.1, 0.15) is 23.7 Å². The maximum Gasteiger partial charge on any atom is 0.229 e. The zero-order valence-electron chi connectivity index (χ0n) is 16.4. The molecule has 1 amide bonds. The number of nitrogens with zero attached hydrogens (tertiary/aromatic N) is 4. The second-order valence-corrected chi connectivity index (χ2v) is 7.54. The number of nitrogen functional groups attached to an aromatic ring is 1. The van der Waals surface area contributed by atoms with Crippen LogP contribution in [0.4, 0.5) is 11.6 Å². The molecule has 0 spiro atoms. The van der Waals surface area contributed by atoms with Gasteiger partial charge in [-0.15, -0.1) is 0 Å². The second kappa shape index (κ2) is 7.18. The van der Waals surface area contributed by atoms with Crippen LogP contribution >= 0.6 is 0 Å². The van der Waals surface area contributed by atoms with Gasteiger partial charge in [0.2, 0.25) is 5.91 Å². The average Bonchev–Trinajstić information content (AvgIpc) is 3.56. The topological polar surface area (TPSA) is 107 Å². The average molecular weight is 396 g/mol. The largest absolute Gasteiger partial charge is 0.383 e. The summed E-state index contributed by atoms with van der Waals surface area (Å²) in [5.74, 6) is 1.49. The van der Waals surface area contributed by atoms with Gasteiger partial charge in [0.15, 0.2) is 0 Å². The van der Waals surface area contributed by atoms with Gasteiger partial charge in [-0.3, -0.25) is 4.79 Å². The quantitative estimate of drug-likeness (QED) is 0.544. The Bertz CT molecular complexity index is 1260. The van der Waals surface area contributed by atoms with Crippen molar-refractivity contribution in [2.24, 2.45) is 5.92 Å². The van der Waals surface area contributed by atoms with Crippen LogP contribution in [-0.4, -0.2) is 25.8 Å². The summed E-state index contributed by atoms with van der Waals surface area (Å²) in [6, 6.07) is 13.6. The summed E-state index contributed by atoms with van der Waals surface area (Å²) >= 11 is 0. The molecule has 2 atom stereocenters. The number of carbonyl (C=O) groups is 1. The minimum absolute atomic E-state index is 0.0687. The molecule has 0 saturated heterocycles. The molecule has 1 aromatic carbocycles. The Morgan fingerprint density at radius 3 is 2.70 bits per heavy atom. The van der Waals surface area contributed by atoms with Crippen LogP contribution in [0.25, 0.3) is 22.0 Å². The van der Waals surface area contributed by atoms with Crippen LogP contribution in [0.3, 0.4) is 0 Å². The Balaban J connectivity index is 1.41. The third kappa shape index (κ3) is 3.34. The van der Waals surface area contributed by atoms with Crippen molar-refractivity contribution in [1.29, 1.82) is 0 Å². The van der Waals surface area contributed by atoms with Crippen LogP contribution < -0.4 is 11.1 Å². The number of fused-ring (bicyclic) bond motifs is 1. The number of nitrogens with one attached hydrogen (secondary N) is 1. The summed E-state index contributed by atoms with van der Waals surface area (Å²) in [6.45, 7) is 2.04. The Labute approximate surface area is 173 Å². The van der Waals surface area contributed by atoms with Gasteiger partial charge in [-0.2, -0.15) is 0 Å². The molecule has 7 nitrogen and oxygen atoms in total. The van der Waals surface area contributed by atoms with Crippen molar-refractivity contribution in [1.82, 2.24) is 19.9 Å². The lowest BCUT2D eigenvalue weighted by Gasteiger charge is -2.10. The normalized spacial score (nSPS) is 17.6. The van der Waals surface area contributed by atoms with Gasteiger partial charge >= 0.3 is 0 Å². The fourth-order valence-electron chi connectivity index (χ4n) is 3.73. The monoisotopic (exact) mass is 396 g/mol. The molecule has 0 radical (unpaired) electrons. The number of hydrogen-bond acceptors (Lipinski definition) is 6. The molecule has 1 aliphatic carbocycles. The predicted molar refractivity (Wildman–Crippen MR) is 116 cm³/mol. The van der Waals surface area contributed by atoms with E-state index in [4.69, 9.17) is 5.73 Å². The SMILES string of the molecule is Cc1ccccc1-c1cc2cc(NC(=O)C3C[C@H]3c3ncccn3)ncc2c(N)n1. The summed E-state index contributed by atoms with van der Waals surface area (Å²) in [5, 5.41) is 4.56. The molecule has 3 aromatic heterocycles. The Hall–Kier alpha value is -3.87. The minimum Gasteiger partial charge on any atom is -0.383 e. The van der Waals surface area contributed by atoms with Crippen molar-refractivity contribution in [2.45, 2.75) is 19.3 Å². The van der Waals surface area contributed by atoms with E-state index in [0.717, 1.165) is 34.0 Å². The van der Waals surface area contributed by atoms with E-state index in [0.29, 0.717) is 17.5 Å². The van der Waals surface area contributed by atoms with Gasteiger partial charge in [0, 0.05) is 41.4 Å². The number of pyridine rings is 2. The van der Waals surface area contributed by atoms with E-state index < -0.39 is 0 Å². The Morgan fingerprint density at radius 1 is 1.10 bits per heavy atom. The first-order valence-corrected chi connectivity index (χ1v) is 9.80. The number of carbonyl (C=O) groups excluding carboxylic acids is 1. The number of anilines is 2. The van der Waals surface area contributed by atoms with Crippen LogP contribution in [-0.2, 0) is 4.79 Å². The van der Waals surface area contributed by atoms with E-state index in [1.54, 1.807) is 24.7 Å². The molecule has 3 N–H and O–H groups in total. The lowest BCUT2D eigenvalue weighted by molar-refractivity contribution is -0.117. The fraction of sp³-hybridized carbons (Fsp3) is 0.174. The smallest absolute Gasteiger partial charge is 0.229 e. The third-order valence-electron chi connectivity index (χ3n) is 5.46. The highest BCUT2D eigenvalue weighted by atomic mass is 16.2. The number of aryl methyl sites for hydroxylation is 1. The highest BCUT2D eigenvalue weighted by molar-refractivity contribution is 5.98. The van der Waals surface area contributed by atoms with Crippen molar-refractivity contribution < 1.29 is 4.79 Å². The number of hydrogen-bond donors (Lipinski definition) is 2. The highest BCUT2D eigenvalue weighted by Gasteiger charge is 2.46. The molecular weight excluding hydrogens is 376 g/mol. The van der Waals surface area contributed by atoms with Crippen LogP contribution in [0, 0.1) is 12.8 Å². The van der Waals surface area contributed by atoms with E-state index in [1.807, 2.05) is 43.3 Å². The summed E-state index contributed by atoms with van der Waals surface area (Å²) in [5.41, 5.74) is 9.13. The summed E-state index contributed by atoms with van der Waals surface area (Å²) < 4.78 is 0. The highest BCUT2D eigenvalue weighted by Crippen LogP contribution is 2.46. The molecule has 4 aromatic rings. The van der Waals surface area contributed by atoms with Gasteiger partial charge in [-0.05, 0) is 42.5 Å². The molecule has 1 unspecified atom stereocenters. The number of aromatic nitrogens is 4. The lowest BCUT2D eigenvalue weighted by atomic mass is 10.0.